The van der Waals surface area contributed by atoms with Crippen LogP contribution in [0.1, 0.15) is 26.7 Å². The van der Waals surface area contributed by atoms with Crippen molar-refractivity contribution in [2.45, 2.75) is 32.8 Å². The third kappa shape index (κ3) is 4.39. The quantitative estimate of drug-likeness (QED) is 0.771. The number of sulfone groups is 1. The van der Waals surface area contributed by atoms with Gasteiger partial charge in [0.15, 0.2) is 0 Å². The van der Waals surface area contributed by atoms with Crippen molar-refractivity contribution in [1.82, 2.24) is 4.90 Å². The summed E-state index contributed by atoms with van der Waals surface area (Å²) in [6.07, 6.45) is 1.43. The summed E-state index contributed by atoms with van der Waals surface area (Å²) in [7, 11) is -2.83. The predicted octanol–water partition coefficient (Wildman–Crippen LogP) is 0.514. The van der Waals surface area contributed by atoms with Crippen molar-refractivity contribution in [2.24, 2.45) is 5.92 Å². The van der Waals surface area contributed by atoms with Gasteiger partial charge in [-0.25, -0.2) is 8.42 Å². The third-order valence-electron chi connectivity index (χ3n) is 3.37. The van der Waals surface area contributed by atoms with E-state index < -0.39 is 9.84 Å². The zero-order chi connectivity index (χ0) is 12.2. The number of aliphatic hydroxyl groups excluding tert-OH is 1. The molecular weight excluding hydrogens is 226 g/mol. The third-order valence-corrected chi connectivity index (χ3v) is 5.16. The largest absolute Gasteiger partial charge is 0.392 e. The summed E-state index contributed by atoms with van der Waals surface area (Å²) in [5, 5.41) is 9.69. The van der Waals surface area contributed by atoms with Gasteiger partial charge in [-0.2, -0.15) is 0 Å². The Kier molecular flexibility index (Phi) is 5.21. The molecule has 0 aliphatic carbocycles. The van der Waals surface area contributed by atoms with E-state index >= 15 is 0 Å². The van der Waals surface area contributed by atoms with Gasteiger partial charge in [0.25, 0.3) is 0 Å². The van der Waals surface area contributed by atoms with Crippen LogP contribution in [0, 0.1) is 5.92 Å². The smallest absolute Gasteiger partial charge is 0.150 e. The predicted molar refractivity (Wildman–Crippen MR) is 65.2 cm³/mol. The average molecular weight is 249 g/mol. The van der Waals surface area contributed by atoms with Gasteiger partial charge in [0, 0.05) is 12.3 Å². The highest BCUT2D eigenvalue weighted by Crippen LogP contribution is 2.16. The van der Waals surface area contributed by atoms with Gasteiger partial charge in [0.2, 0.25) is 0 Å². The monoisotopic (exact) mass is 249 g/mol. The number of likely N-dealkylation sites (tertiary alicyclic amines) is 1. The summed E-state index contributed by atoms with van der Waals surface area (Å²) in [6.45, 7) is 6.19. The van der Waals surface area contributed by atoms with Crippen molar-refractivity contribution in [3.05, 3.63) is 0 Å². The molecule has 5 heteroatoms. The molecule has 0 aromatic rings. The lowest BCUT2D eigenvalue weighted by molar-refractivity contribution is 0.0295. The van der Waals surface area contributed by atoms with E-state index in [1.165, 1.54) is 0 Å². The first kappa shape index (κ1) is 13.9. The molecule has 1 aliphatic heterocycles. The van der Waals surface area contributed by atoms with Crippen molar-refractivity contribution in [1.29, 1.82) is 0 Å². The van der Waals surface area contributed by atoms with Crippen LogP contribution < -0.4 is 0 Å². The van der Waals surface area contributed by atoms with Crippen molar-refractivity contribution >= 4 is 9.84 Å². The van der Waals surface area contributed by atoms with Crippen molar-refractivity contribution in [2.75, 3.05) is 31.1 Å². The summed E-state index contributed by atoms with van der Waals surface area (Å²) < 4.78 is 22.6. The van der Waals surface area contributed by atoms with Crippen LogP contribution in [-0.4, -0.2) is 55.7 Å². The molecular formula is C11H23NO3S. The van der Waals surface area contributed by atoms with E-state index in [2.05, 4.69) is 11.8 Å². The molecule has 0 radical (unpaired) electrons. The van der Waals surface area contributed by atoms with Gasteiger partial charge in [-0.1, -0.05) is 13.8 Å². The summed E-state index contributed by atoms with van der Waals surface area (Å²) in [5.74, 6) is 0.869. The molecule has 1 aliphatic rings. The first-order valence-corrected chi connectivity index (χ1v) is 7.87. The van der Waals surface area contributed by atoms with Crippen molar-refractivity contribution in [3.63, 3.8) is 0 Å². The van der Waals surface area contributed by atoms with Crippen LogP contribution in [0.3, 0.4) is 0 Å². The molecule has 1 heterocycles. The molecule has 2 unspecified atom stereocenters. The summed E-state index contributed by atoms with van der Waals surface area (Å²) in [6, 6.07) is 0. The standard InChI is InChI=1S/C11H23NO3S/c1-3-16(14,15)8-4-6-12-7-5-10(2)11(13)9-12/h10-11,13H,3-9H2,1-2H3. The van der Waals surface area contributed by atoms with E-state index in [9.17, 15) is 13.5 Å². The van der Waals surface area contributed by atoms with Crippen LogP contribution >= 0.6 is 0 Å². The maximum Gasteiger partial charge on any atom is 0.150 e. The molecule has 0 saturated carbocycles. The normalized spacial score (nSPS) is 28.2. The lowest BCUT2D eigenvalue weighted by atomic mass is 9.96. The highest BCUT2D eigenvalue weighted by molar-refractivity contribution is 7.91. The Morgan fingerprint density at radius 1 is 1.44 bits per heavy atom. The van der Waals surface area contributed by atoms with E-state index in [0.29, 0.717) is 18.9 Å². The van der Waals surface area contributed by atoms with Gasteiger partial charge in [-0.15, -0.1) is 0 Å². The number of aliphatic hydroxyl groups is 1. The fraction of sp³-hybridized carbons (Fsp3) is 1.00. The Labute approximate surface area is 98.6 Å². The van der Waals surface area contributed by atoms with Crippen LogP contribution in [0.5, 0.6) is 0 Å². The first-order valence-electron chi connectivity index (χ1n) is 6.05. The minimum absolute atomic E-state index is 0.229. The Morgan fingerprint density at radius 3 is 2.69 bits per heavy atom. The van der Waals surface area contributed by atoms with Crippen LogP contribution in [0.4, 0.5) is 0 Å². The number of nitrogens with zero attached hydrogens (tertiary/aromatic N) is 1. The second-order valence-corrected chi connectivity index (χ2v) is 7.20. The van der Waals surface area contributed by atoms with Crippen LogP contribution in [0.25, 0.3) is 0 Å². The Balaban J connectivity index is 2.24. The highest BCUT2D eigenvalue weighted by atomic mass is 32.2. The minimum atomic E-state index is -2.83. The van der Waals surface area contributed by atoms with Gasteiger partial charge >= 0.3 is 0 Å². The van der Waals surface area contributed by atoms with Gasteiger partial charge in [0.05, 0.1) is 11.9 Å². The van der Waals surface area contributed by atoms with E-state index in [1.54, 1.807) is 6.92 Å². The van der Waals surface area contributed by atoms with Gasteiger partial charge in [0.1, 0.15) is 9.84 Å². The van der Waals surface area contributed by atoms with E-state index in [0.717, 1.165) is 19.5 Å². The highest BCUT2D eigenvalue weighted by Gasteiger charge is 2.23. The molecule has 0 aromatic carbocycles. The van der Waals surface area contributed by atoms with Gasteiger partial charge in [-0.3, -0.25) is 0 Å². The van der Waals surface area contributed by atoms with Crippen molar-refractivity contribution in [3.8, 4) is 0 Å². The Morgan fingerprint density at radius 2 is 2.12 bits per heavy atom. The van der Waals surface area contributed by atoms with Crippen LogP contribution in [-0.2, 0) is 9.84 Å². The maximum atomic E-state index is 11.3. The molecule has 16 heavy (non-hydrogen) atoms. The Hall–Kier alpha value is -0.130. The van der Waals surface area contributed by atoms with Crippen LogP contribution in [0.2, 0.25) is 0 Å². The van der Waals surface area contributed by atoms with Gasteiger partial charge in [-0.05, 0) is 31.8 Å². The zero-order valence-electron chi connectivity index (χ0n) is 10.2. The minimum Gasteiger partial charge on any atom is -0.392 e. The molecule has 0 amide bonds. The van der Waals surface area contributed by atoms with E-state index in [4.69, 9.17) is 0 Å². The Bertz CT molecular complexity index is 302. The fourth-order valence-corrected chi connectivity index (χ4v) is 2.83. The molecule has 4 nitrogen and oxygen atoms in total. The van der Waals surface area contributed by atoms with Gasteiger partial charge < -0.3 is 10.0 Å². The fourth-order valence-electron chi connectivity index (χ4n) is 1.97. The molecule has 1 fully saturated rings. The lowest BCUT2D eigenvalue weighted by Gasteiger charge is -2.34. The molecule has 0 aromatic heterocycles. The first-order chi connectivity index (χ1) is 7.44. The van der Waals surface area contributed by atoms with E-state index in [1.807, 2.05) is 0 Å². The molecule has 1 saturated heterocycles. The number of hydrogen-bond donors (Lipinski definition) is 1. The molecule has 96 valence electrons. The number of β-amino-alcohol motifs (C(OH)–C–C–N with tert-alkyl or cyclic N) is 1. The number of piperidine rings is 1. The number of rotatable bonds is 5. The van der Waals surface area contributed by atoms with Crippen LogP contribution in [0.15, 0.2) is 0 Å². The average Bonchev–Trinajstić information content (AvgIpc) is 2.23. The summed E-state index contributed by atoms with van der Waals surface area (Å²) in [5.41, 5.74) is 0. The zero-order valence-corrected chi connectivity index (χ0v) is 11.0. The molecule has 0 bridgehead atoms. The molecule has 1 N–H and O–H groups in total. The topological polar surface area (TPSA) is 57.6 Å². The number of hydrogen-bond acceptors (Lipinski definition) is 4. The van der Waals surface area contributed by atoms with Crippen molar-refractivity contribution < 1.29 is 13.5 Å². The SMILES string of the molecule is CCS(=O)(=O)CCCN1CCC(C)C(O)C1. The summed E-state index contributed by atoms with van der Waals surface area (Å²) >= 11 is 0. The molecule has 1 rings (SSSR count). The molecule has 0 spiro atoms. The maximum absolute atomic E-state index is 11.3. The lowest BCUT2D eigenvalue weighted by Crippen LogP contribution is -2.43. The molecule has 2 atom stereocenters. The second kappa shape index (κ2) is 5.98. The van der Waals surface area contributed by atoms with E-state index in [-0.39, 0.29) is 17.6 Å². The summed E-state index contributed by atoms with van der Waals surface area (Å²) in [4.78, 5) is 2.16. The second-order valence-electron chi connectivity index (χ2n) is 4.72.